The summed E-state index contributed by atoms with van der Waals surface area (Å²) in [6.07, 6.45) is 2.22. The first-order chi connectivity index (χ1) is 12.5. The Morgan fingerprint density at radius 1 is 1.15 bits per heavy atom. The van der Waals surface area contributed by atoms with Crippen LogP contribution < -0.4 is 5.32 Å². The van der Waals surface area contributed by atoms with Crippen LogP contribution in [0.1, 0.15) is 40.1 Å². The highest BCUT2D eigenvalue weighted by molar-refractivity contribution is 7.90. The maximum Gasteiger partial charge on any atom is 0.293 e. The lowest BCUT2D eigenvalue weighted by molar-refractivity contribution is 0.0995. The fourth-order valence-corrected chi connectivity index (χ4v) is 4.59. The maximum atomic E-state index is 12.4. The van der Waals surface area contributed by atoms with Gasteiger partial charge < -0.3 is 4.42 Å². The summed E-state index contributed by atoms with van der Waals surface area (Å²) in [6, 6.07) is 11.1. The Balaban J connectivity index is 1.44. The Kier molecular flexibility index (Phi) is 4.33. The number of hydrogen-bond acceptors (Lipinski definition) is 7. The zero-order valence-electron chi connectivity index (χ0n) is 13.6. The van der Waals surface area contributed by atoms with Crippen LogP contribution in [-0.4, -0.2) is 24.5 Å². The molecule has 0 bridgehead atoms. The first-order valence-electron chi connectivity index (χ1n) is 8.02. The van der Waals surface area contributed by atoms with E-state index in [-0.39, 0.29) is 22.2 Å². The molecule has 26 heavy (non-hydrogen) atoms. The number of carbonyl (C=O) groups excluding carboxylic acids is 1. The number of furan rings is 1. The van der Waals surface area contributed by atoms with Crippen LogP contribution in [0.25, 0.3) is 0 Å². The second kappa shape index (κ2) is 6.65. The van der Waals surface area contributed by atoms with E-state index in [1.165, 1.54) is 35.6 Å². The summed E-state index contributed by atoms with van der Waals surface area (Å²) in [6.45, 7) is 0. The molecule has 0 radical (unpaired) electrons. The molecule has 3 aromatic rings. The molecule has 2 aromatic heterocycles. The summed E-state index contributed by atoms with van der Waals surface area (Å²) in [7, 11) is -3.53. The van der Waals surface area contributed by atoms with Crippen molar-refractivity contribution in [3.8, 4) is 0 Å². The van der Waals surface area contributed by atoms with Crippen molar-refractivity contribution in [1.29, 1.82) is 0 Å². The lowest BCUT2D eigenvalue weighted by atomic mass is 10.4. The zero-order valence-corrected chi connectivity index (χ0v) is 15.2. The first kappa shape index (κ1) is 16.9. The van der Waals surface area contributed by atoms with E-state index in [1.807, 2.05) is 0 Å². The molecule has 0 aliphatic heterocycles. The maximum absolute atomic E-state index is 12.4. The molecule has 1 amide bonds. The molecular formula is C17H15N3O4S2. The Morgan fingerprint density at radius 2 is 1.92 bits per heavy atom. The summed E-state index contributed by atoms with van der Waals surface area (Å²) in [5.41, 5.74) is 0. The van der Waals surface area contributed by atoms with E-state index in [1.54, 1.807) is 18.2 Å². The van der Waals surface area contributed by atoms with Gasteiger partial charge in [0.2, 0.25) is 5.13 Å². The van der Waals surface area contributed by atoms with Crippen LogP contribution in [0.3, 0.4) is 0 Å². The van der Waals surface area contributed by atoms with Gasteiger partial charge in [-0.05, 0) is 37.1 Å². The highest BCUT2D eigenvalue weighted by Crippen LogP contribution is 2.42. The van der Waals surface area contributed by atoms with Gasteiger partial charge in [0, 0.05) is 5.92 Å². The highest BCUT2D eigenvalue weighted by atomic mass is 32.2. The topological polar surface area (TPSA) is 102 Å². The summed E-state index contributed by atoms with van der Waals surface area (Å²) in [5.74, 6) is -0.0839. The number of anilines is 1. The van der Waals surface area contributed by atoms with E-state index < -0.39 is 15.7 Å². The molecule has 0 unspecified atom stereocenters. The van der Waals surface area contributed by atoms with E-state index >= 15 is 0 Å². The predicted molar refractivity (Wildman–Crippen MR) is 95.9 cm³/mol. The van der Waals surface area contributed by atoms with Gasteiger partial charge in [0.1, 0.15) is 16.5 Å². The molecule has 134 valence electrons. The summed E-state index contributed by atoms with van der Waals surface area (Å²) < 4.78 is 30.1. The van der Waals surface area contributed by atoms with E-state index in [0.717, 1.165) is 17.8 Å². The Morgan fingerprint density at radius 3 is 2.65 bits per heavy atom. The van der Waals surface area contributed by atoms with Crippen molar-refractivity contribution in [3.05, 3.63) is 59.0 Å². The third kappa shape index (κ3) is 3.68. The summed E-state index contributed by atoms with van der Waals surface area (Å²) in [5, 5.41) is 12.0. The van der Waals surface area contributed by atoms with Crippen LogP contribution in [0.2, 0.25) is 0 Å². The number of aromatic nitrogens is 2. The van der Waals surface area contributed by atoms with Crippen LogP contribution in [-0.2, 0) is 15.6 Å². The number of nitrogens with one attached hydrogen (secondary N) is 1. The molecule has 1 N–H and O–H groups in total. The molecule has 1 aliphatic rings. The fourth-order valence-electron chi connectivity index (χ4n) is 2.42. The number of benzene rings is 1. The number of sulfone groups is 1. The number of amides is 1. The Bertz CT molecular complexity index is 1040. The molecule has 7 nitrogen and oxygen atoms in total. The highest BCUT2D eigenvalue weighted by Gasteiger charge is 2.28. The van der Waals surface area contributed by atoms with Crippen molar-refractivity contribution in [2.45, 2.75) is 29.4 Å². The van der Waals surface area contributed by atoms with Gasteiger partial charge in [0.25, 0.3) is 5.91 Å². The van der Waals surface area contributed by atoms with Gasteiger partial charge >= 0.3 is 0 Å². The van der Waals surface area contributed by atoms with Crippen molar-refractivity contribution in [2.24, 2.45) is 0 Å². The minimum atomic E-state index is -3.53. The van der Waals surface area contributed by atoms with E-state index in [4.69, 9.17) is 4.42 Å². The fraction of sp³-hybridized carbons (Fsp3) is 0.235. The molecule has 2 heterocycles. The van der Waals surface area contributed by atoms with Crippen LogP contribution in [0, 0.1) is 0 Å². The number of carbonyl (C=O) groups is 1. The monoisotopic (exact) mass is 389 g/mol. The van der Waals surface area contributed by atoms with Gasteiger partial charge in [-0.25, -0.2) is 8.42 Å². The molecule has 4 rings (SSSR count). The molecule has 1 fully saturated rings. The van der Waals surface area contributed by atoms with E-state index in [0.29, 0.717) is 11.0 Å². The van der Waals surface area contributed by atoms with Crippen LogP contribution >= 0.6 is 11.3 Å². The standard InChI is InChI=1S/C17H15N3O4S2/c21-15(18-17-20-19-16(25-17)11-6-7-11)14-9-8-12(24-14)10-26(22,23)13-4-2-1-3-5-13/h1-5,8-9,11H,6-7,10H2,(H,18,20,21). The number of hydrogen-bond donors (Lipinski definition) is 1. The molecule has 1 aromatic carbocycles. The van der Waals surface area contributed by atoms with E-state index in [9.17, 15) is 13.2 Å². The second-order valence-corrected chi connectivity index (χ2v) is 9.01. The first-order valence-corrected chi connectivity index (χ1v) is 10.5. The average molecular weight is 389 g/mol. The predicted octanol–water partition coefficient (Wildman–Crippen LogP) is 3.23. The zero-order chi connectivity index (χ0) is 18.1. The Hall–Kier alpha value is -2.52. The van der Waals surface area contributed by atoms with Gasteiger partial charge in [-0.15, -0.1) is 10.2 Å². The van der Waals surface area contributed by atoms with Gasteiger partial charge in [0.05, 0.1) is 4.90 Å². The third-order valence-corrected chi connectivity index (χ3v) is 6.56. The molecule has 0 spiro atoms. The number of nitrogens with zero attached hydrogens (tertiary/aromatic N) is 2. The SMILES string of the molecule is O=C(Nc1nnc(C2CC2)s1)c1ccc(CS(=O)(=O)c2ccccc2)o1. The van der Waals surface area contributed by atoms with Gasteiger partial charge in [0.15, 0.2) is 15.6 Å². The molecule has 9 heteroatoms. The molecular weight excluding hydrogens is 374 g/mol. The Labute approximate surface area is 154 Å². The van der Waals surface area contributed by atoms with Gasteiger partial charge in [-0.2, -0.15) is 0 Å². The summed E-state index contributed by atoms with van der Waals surface area (Å²) >= 11 is 1.35. The van der Waals surface area contributed by atoms with Crippen molar-refractivity contribution < 1.29 is 17.6 Å². The minimum Gasteiger partial charge on any atom is -0.455 e. The quantitative estimate of drug-likeness (QED) is 0.694. The normalized spacial score (nSPS) is 14.3. The average Bonchev–Trinajstić information content (AvgIpc) is 3.20. The van der Waals surface area contributed by atoms with Crippen LogP contribution in [0.4, 0.5) is 5.13 Å². The second-order valence-electron chi connectivity index (χ2n) is 6.01. The third-order valence-electron chi connectivity index (χ3n) is 3.91. The van der Waals surface area contributed by atoms with Gasteiger partial charge in [-0.1, -0.05) is 29.5 Å². The largest absolute Gasteiger partial charge is 0.455 e. The molecule has 0 atom stereocenters. The van der Waals surface area contributed by atoms with Crippen molar-refractivity contribution >= 4 is 32.2 Å². The molecule has 0 saturated heterocycles. The molecule has 1 aliphatic carbocycles. The van der Waals surface area contributed by atoms with Gasteiger partial charge in [-0.3, -0.25) is 10.1 Å². The molecule has 1 saturated carbocycles. The van der Waals surface area contributed by atoms with Crippen LogP contribution in [0.15, 0.2) is 51.8 Å². The lowest BCUT2D eigenvalue weighted by Crippen LogP contribution is -2.10. The number of rotatable bonds is 6. The smallest absolute Gasteiger partial charge is 0.293 e. The van der Waals surface area contributed by atoms with E-state index in [2.05, 4.69) is 15.5 Å². The van der Waals surface area contributed by atoms with Crippen molar-refractivity contribution in [3.63, 3.8) is 0 Å². The minimum absolute atomic E-state index is 0.0337. The van der Waals surface area contributed by atoms with Crippen molar-refractivity contribution in [1.82, 2.24) is 10.2 Å². The summed E-state index contributed by atoms with van der Waals surface area (Å²) in [4.78, 5) is 12.5. The van der Waals surface area contributed by atoms with Crippen molar-refractivity contribution in [2.75, 3.05) is 5.32 Å². The van der Waals surface area contributed by atoms with Crippen LogP contribution in [0.5, 0.6) is 0 Å². The lowest BCUT2D eigenvalue weighted by Gasteiger charge is -2.02.